The Bertz CT molecular complexity index is 1190. The van der Waals surface area contributed by atoms with Crippen molar-refractivity contribution in [3.05, 3.63) is 138 Å². The van der Waals surface area contributed by atoms with E-state index in [0.29, 0.717) is 19.4 Å². The number of piperidine rings is 1. The van der Waals surface area contributed by atoms with Gasteiger partial charge in [-0.25, -0.2) is 0 Å². The van der Waals surface area contributed by atoms with E-state index in [1.165, 1.54) is 16.7 Å². The fraction of sp³-hybridized carbons (Fsp3) is 0.161. The summed E-state index contributed by atoms with van der Waals surface area (Å²) in [6, 6.07) is 40.3. The van der Waals surface area contributed by atoms with Gasteiger partial charge in [0.2, 0.25) is 11.8 Å². The van der Waals surface area contributed by atoms with Crippen molar-refractivity contribution < 1.29 is 9.59 Å². The van der Waals surface area contributed by atoms with Crippen LogP contribution in [0.25, 0.3) is 0 Å². The van der Waals surface area contributed by atoms with Gasteiger partial charge in [-0.1, -0.05) is 103 Å². The van der Waals surface area contributed by atoms with Crippen molar-refractivity contribution >= 4 is 17.5 Å². The molecule has 0 saturated carbocycles. The monoisotopic (exact) mass is 460 g/mol. The minimum Gasteiger partial charge on any atom is -0.384 e. The molecule has 4 aromatic carbocycles. The lowest BCUT2D eigenvalue weighted by molar-refractivity contribution is -0.135. The van der Waals surface area contributed by atoms with Crippen LogP contribution >= 0.6 is 0 Å². The summed E-state index contributed by atoms with van der Waals surface area (Å²) in [5.74, 6) is -0.583. The van der Waals surface area contributed by atoms with Crippen LogP contribution in [0.15, 0.2) is 115 Å². The maximum Gasteiger partial charge on any atom is 0.231 e. The molecule has 1 fully saturated rings. The van der Waals surface area contributed by atoms with Crippen molar-refractivity contribution in [1.82, 2.24) is 5.32 Å². The van der Waals surface area contributed by atoms with Gasteiger partial charge in [-0.2, -0.15) is 0 Å². The minimum absolute atomic E-state index is 0.185. The molecule has 4 nitrogen and oxygen atoms in total. The van der Waals surface area contributed by atoms with Crippen LogP contribution in [0.1, 0.15) is 35.1 Å². The molecule has 1 heterocycles. The van der Waals surface area contributed by atoms with Crippen LogP contribution in [-0.2, 0) is 15.0 Å². The van der Waals surface area contributed by atoms with Crippen molar-refractivity contribution in [3.63, 3.8) is 0 Å². The fourth-order valence-corrected chi connectivity index (χ4v) is 5.08. The van der Waals surface area contributed by atoms with Crippen LogP contribution in [0, 0.1) is 5.92 Å². The van der Waals surface area contributed by atoms with E-state index in [9.17, 15) is 9.59 Å². The molecule has 1 aliphatic heterocycles. The molecule has 1 unspecified atom stereocenters. The number of amides is 2. The topological polar surface area (TPSA) is 58.2 Å². The second-order valence-corrected chi connectivity index (χ2v) is 8.95. The molecule has 35 heavy (non-hydrogen) atoms. The second-order valence-electron chi connectivity index (χ2n) is 8.95. The summed E-state index contributed by atoms with van der Waals surface area (Å²) in [5.41, 5.74) is 5.21. The molecule has 0 aromatic heterocycles. The Morgan fingerprint density at radius 1 is 0.657 bits per heavy atom. The molecule has 1 aliphatic rings. The van der Waals surface area contributed by atoms with Gasteiger partial charge in [0.05, 0.1) is 11.3 Å². The van der Waals surface area contributed by atoms with E-state index in [-0.39, 0.29) is 17.7 Å². The highest BCUT2D eigenvalue weighted by molar-refractivity contribution is 5.98. The van der Waals surface area contributed by atoms with Crippen LogP contribution in [0.5, 0.6) is 0 Å². The standard InChI is InChI=1S/C31H28N2O2/c34-29-21-16-23(30(35)33-29)22-32-28-19-17-27(18-20-28)31(24-10-4-1-5-11-24,25-12-6-2-7-13-25)26-14-8-3-9-15-26/h1-15,17-20,23,32H,16,21-22H2,(H,33,34,35). The number of hydrogen-bond donors (Lipinski definition) is 2. The van der Waals surface area contributed by atoms with E-state index in [2.05, 4.69) is 108 Å². The van der Waals surface area contributed by atoms with Gasteiger partial charge in [0.25, 0.3) is 0 Å². The third-order valence-electron chi connectivity index (χ3n) is 6.84. The molecular weight excluding hydrogens is 432 g/mol. The Morgan fingerprint density at radius 3 is 1.57 bits per heavy atom. The lowest BCUT2D eigenvalue weighted by Crippen LogP contribution is -2.43. The predicted molar refractivity (Wildman–Crippen MR) is 139 cm³/mol. The molecule has 4 heteroatoms. The molecule has 1 atom stereocenters. The first kappa shape index (κ1) is 22.6. The van der Waals surface area contributed by atoms with Gasteiger partial charge in [-0.05, 0) is 40.8 Å². The van der Waals surface area contributed by atoms with Crippen molar-refractivity contribution in [1.29, 1.82) is 0 Å². The fourth-order valence-electron chi connectivity index (χ4n) is 5.08. The molecular formula is C31H28N2O2. The average Bonchev–Trinajstić information content (AvgIpc) is 2.91. The quantitative estimate of drug-likeness (QED) is 0.281. The van der Waals surface area contributed by atoms with Crippen LogP contribution in [0.3, 0.4) is 0 Å². The largest absolute Gasteiger partial charge is 0.384 e. The highest BCUT2D eigenvalue weighted by Crippen LogP contribution is 2.45. The third-order valence-corrected chi connectivity index (χ3v) is 6.84. The third kappa shape index (κ3) is 4.47. The van der Waals surface area contributed by atoms with Gasteiger partial charge in [0, 0.05) is 18.7 Å². The highest BCUT2D eigenvalue weighted by atomic mass is 16.2. The molecule has 174 valence electrons. The SMILES string of the molecule is O=C1CCC(CNc2ccc(C(c3ccccc3)(c3ccccc3)c3ccccc3)cc2)C(=O)N1. The molecule has 2 amide bonds. The first-order valence-electron chi connectivity index (χ1n) is 12.0. The van der Waals surface area contributed by atoms with Crippen LogP contribution in [-0.4, -0.2) is 18.4 Å². The summed E-state index contributed by atoms with van der Waals surface area (Å²) < 4.78 is 0. The lowest BCUT2D eigenvalue weighted by atomic mass is 9.65. The Hall–Kier alpha value is -4.18. The number of benzene rings is 4. The molecule has 2 N–H and O–H groups in total. The van der Waals surface area contributed by atoms with Gasteiger partial charge in [0.1, 0.15) is 0 Å². The summed E-state index contributed by atoms with van der Waals surface area (Å²) in [6.45, 7) is 0.500. The second kappa shape index (κ2) is 9.98. The van der Waals surface area contributed by atoms with E-state index in [1.807, 2.05) is 18.2 Å². The van der Waals surface area contributed by atoms with Crippen molar-refractivity contribution in [2.75, 3.05) is 11.9 Å². The zero-order valence-electron chi connectivity index (χ0n) is 19.5. The maximum atomic E-state index is 12.1. The number of rotatable bonds is 7. The summed E-state index contributed by atoms with van der Waals surface area (Å²) in [6.07, 6.45) is 0.972. The molecule has 0 spiro atoms. The first-order chi connectivity index (χ1) is 17.2. The van der Waals surface area contributed by atoms with E-state index in [1.54, 1.807) is 0 Å². The van der Waals surface area contributed by atoms with Gasteiger partial charge >= 0.3 is 0 Å². The number of anilines is 1. The van der Waals surface area contributed by atoms with E-state index in [4.69, 9.17) is 0 Å². The van der Waals surface area contributed by atoms with Gasteiger partial charge in [-0.3, -0.25) is 14.9 Å². The smallest absolute Gasteiger partial charge is 0.231 e. The number of nitrogens with one attached hydrogen (secondary N) is 2. The molecule has 1 saturated heterocycles. The van der Waals surface area contributed by atoms with Crippen LogP contribution in [0.2, 0.25) is 0 Å². The van der Waals surface area contributed by atoms with E-state index >= 15 is 0 Å². The Kier molecular flexibility index (Phi) is 6.44. The zero-order chi connectivity index (χ0) is 24.1. The summed E-state index contributed by atoms with van der Waals surface area (Å²) in [7, 11) is 0. The maximum absolute atomic E-state index is 12.1. The normalized spacial score (nSPS) is 15.9. The van der Waals surface area contributed by atoms with E-state index < -0.39 is 5.41 Å². The van der Waals surface area contributed by atoms with Gasteiger partial charge in [-0.15, -0.1) is 0 Å². The van der Waals surface area contributed by atoms with Gasteiger partial charge < -0.3 is 5.32 Å². The lowest BCUT2D eigenvalue weighted by Gasteiger charge is -2.37. The number of carbonyl (C=O) groups is 2. The van der Waals surface area contributed by atoms with Crippen molar-refractivity contribution in [2.24, 2.45) is 5.92 Å². The summed E-state index contributed by atoms with van der Waals surface area (Å²) in [4.78, 5) is 23.5. The van der Waals surface area contributed by atoms with Crippen LogP contribution < -0.4 is 10.6 Å². The Labute approximate surface area is 206 Å². The average molecular weight is 461 g/mol. The molecule has 5 rings (SSSR count). The molecule has 0 radical (unpaired) electrons. The van der Waals surface area contributed by atoms with E-state index in [0.717, 1.165) is 11.3 Å². The highest BCUT2D eigenvalue weighted by Gasteiger charge is 2.38. The summed E-state index contributed by atoms with van der Waals surface area (Å²) in [5, 5.41) is 5.82. The Balaban J connectivity index is 1.54. The first-order valence-corrected chi connectivity index (χ1v) is 12.0. The molecule has 0 bridgehead atoms. The number of hydrogen-bond acceptors (Lipinski definition) is 3. The summed E-state index contributed by atoms with van der Waals surface area (Å²) >= 11 is 0. The Morgan fingerprint density at radius 2 is 1.11 bits per heavy atom. The van der Waals surface area contributed by atoms with Gasteiger partial charge in [0.15, 0.2) is 0 Å². The number of imide groups is 1. The van der Waals surface area contributed by atoms with Crippen molar-refractivity contribution in [3.8, 4) is 0 Å². The minimum atomic E-state index is -0.480. The number of carbonyl (C=O) groups excluding carboxylic acids is 2. The molecule has 4 aromatic rings. The van der Waals surface area contributed by atoms with Crippen molar-refractivity contribution in [2.45, 2.75) is 18.3 Å². The zero-order valence-corrected chi connectivity index (χ0v) is 19.5. The predicted octanol–water partition coefficient (Wildman–Crippen LogP) is 5.53. The molecule has 0 aliphatic carbocycles. The van der Waals surface area contributed by atoms with Crippen LogP contribution in [0.4, 0.5) is 5.69 Å².